The van der Waals surface area contributed by atoms with E-state index < -0.39 is 0 Å². The van der Waals surface area contributed by atoms with Gasteiger partial charge in [0.2, 0.25) is 5.91 Å². The second-order valence-electron chi connectivity index (χ2n) is 5.26. The smallest absolute Gasteiger partial charge is 0.244 e. The third kappa shape index (κ3) is 2.93. The lowest BCUT2D eigenvalue weighted by Gasteiger charge is -2.01. The first-order valence-electron chi connectivity index (χ1n) is 7.06. The molecule has 3 rings (SSSR count). The second-order valence-corrected chi connectivity index (χ2v) is 5.26. The van der Waals surface area contributed by atoms with Crippen LogP contribution >= 0.6 is 0 Å². The number of furan rings is 1. The van der Waals surface area contributed by atoms with Crippen LogP contribution in [0.15, 0.2) is 46.1 Å². The molecular weight excluding hydrogens is 278 g/mol. The number of aromatic amines is 1. The van der Waals surface area contributed by atoms with Crippen molar-refractivity contribution in [3.8, 4) is 0 Å². The van der Waals surface area contributed by atoms with E-state index >= 15 is 0 Å². The van der Waals surface area contributed by atoms with E-state index in [0.29, 0.717) is 5.76 Å². The molecule has 0 aliphatic rings. The summed E-state index contributed by atoms with van der Waals surface area (Å²) >= 11 is 0. The Bertz CT molecular complexity index is 829. The molecule has 1 aromatic carbocycles. The quantitative estimate of drug-likeness (QED) is 0.573. The van der Waals surface area contributed by atoms with E-state index in [1.165, 1.54) is 11.8 Å². The molecular formula is C17H17N3O2. The number of nitrogens with zero attached hydrogens (tertiary/aromatic N) is 1. The Morgan fingerprint density at radius 3 is 3.00 bits per heavy atom. The van der Waals surface area contributed by atoms with Crippen molar-refractivity contribution in [1.82, 2.24) is 10.4 Å². The summed E-state index contributed by atoms with van der Waals surface area (Å²) in [6.07, 6.45) is 3.32. The molecule has 112 valence electrons. The SMILES string of the molecule is Cc1ccc2[nH]c(C)c(CC(=O)NN=Cc3ccco3)c2c1. The van der Waals surface area contributed by atoms with E-state index in [4.69, 9.17) is 4.42 Å². The van der Waals surface area contributed by atoms with Gasteiger partial charge in [0.1, 0.15) is 5.76 Å². The van der Waals surface area contributed by atoms with E-state index in [9.17, 15) is 4.79 Å². The van der Waals surface area contributed by atoms with E-state index in [2.05, 4.69) is 27.6 Å². The van der Waals surface area contributed by atoms with Crippen LogP contribution in [0.1, 0.15) is 22.6 Å². The Morgan fingerprint density at radius 1 is 1.36 bits per heavy atom. The lowest BCUT2D eigenvalue weighted by Crippen LogP contribution is -2.20. The highest BCUT2D eigenvalue weighted by Crippen LogP contribution is 2.23. The molecule has 1 amide bonds. The average Bonchev–Trinajstić information content (AvgIpc) is 3.09. The molecule has 0 bridgehead atoms. The molecule has 5 nitrogen and oxygen atoms in total. The maximum atomic E-state index is 12.1. The maximum absolute atomic E-state index is 12.1. The third-order valence-electron chi connectivity index (χ3n) is 3.54. The molecule has 3 aromatic rings. The lowest BCUT2D eigenvalue weighted by atomic mass is 10.1. The molecule has 0 atom stereocenters. The number of hydrogen-bond donors (Lipinski definition) is 2. The van der Waals surface area contributed by atoms with Gasteiger partial charge < -0.3 is 9.40 Å². The fraction of sp³-hybridized carbons (Fsp3) is 0.176. The predicted octanol–water partition coefficient (Wildman–Crippen LogP) is 3.07. The van der Waals surface area contributed by atoms with E-state index in [0.717, 1.165) is 22.2 Å². The van der Waals surface area contributed by atoms with Gasteiger partial charge in [-0.15, -0.1) is 0 Å². The highest BCUT2D eigenvalue weighted by molar-refractivity contribution is 5.90. The van der Waals surface area contributed by atoms with Gasteiger partial charge in [-0.1, -0.05) is 11.6 Å². The van der Waals surface area contributed by atoms with Crippen LogP contribution in [0.3, 0.4) is 0 Å². The van der Waals surface area contributed by atoms with Crippen LogP contribution in [0.2, 0.25) is 0 Å². The van der Waals surface area contributed by atoms with Crippen LogP contribution in [0, 0.1) is 13.8 Å². The molecule has 2 N–H and O–H groups in total. The fourth-order valence-corrected chi connectivity index (χ4v) is 2.46. The van der Waals surface area contributed by atoms with Crippen LogP contribution in [0.4, 0.5) is 0 Å². The number of fused-ring (bicyclic) bond motifs is 1. The van der Waals surface area contributed by atoms with Gasteiger partial charge in [-0.3, -0.25) is 4.79 Å². The summed E-state index contributed by atoms with van der Waals surface area (Å²) in [5, 5.41) is 4.98. The molecule has 5 heteroatoms. The summed E-state index contributed by atoms with van der Waals surface area (Å²) in [6, 6.07) is 9.71. The number of carbonyl (C=O) groups excluding carboxylic acids is 1. The molecule has 0 unspecified atom stereocenters. The molecule has 0 saturated heterocycles. The Morgan fingerprint density at radius 2 is 2.23 bits per heavy atom. The number of rotatable bonds is 4. The van der Waals surface area contributed by atoms with Crippen molar-refractivity contribution < 1.29 is 9.21 Å². The summed E-state index contributed by atoms with van der Waals surface area (Å²) in [6.45, 7) is 4.02. The van der Waals surface area contributed by atoms with Gasteiger partial charge in [-0.25, -0.2) is 5.43 Å². The molecule has 2 aromatic heterocycles. The van der Waals surface area contributed by atoms with Crippen molar-refractivity contribution >= 4 is 23.0 Å². The van der Waals surface area contributed by atoms with Gasteiger partial charge in [0, 0.05) is 16.6 Å². The van der Waals surface area contributed by atoms with Gasteiger partial charge >= 0.3 is 0 Å². The molecule has 0 radical (unpaired) electrons. The number of carbonyl (C=O) groups is 1. The zero-order valence-electron chi connectivity index (χ0n) is 12.5. The monoisotopic (exact) mass is 295 g/mol. The van der Waals surface area contributed by atoms with E-state index in [1.807, 2.05) is 19.9 Å². The zero-order valence-corrected chi connectivity index (χ0v) is 12.5. The molecule has 0 fully saturated rings. The zero-order chi connectivity index (χ0) is 15.5. The van der Waals surface area contributed by atoms with Crippen molar-refractivity contribution in [2.75, 3.05) is 0 Å². The molecule has 0 aliphatic carbocycles. The van der Waals surface area contributed by atoms with Crippen LogP contribution in [0.5, 0.6) is 0 Å². The van der Waals surface area contributed by atoms with Crippen molar-refractivity contribution in [2.24, 2.45) is 5.10 Å². The Balaban J connectivity index is 1.74. The first kappa shape index (κ1) is 14.1. The molecule has 22 heavy (non-hydrogen) atoms. The number of aryl methyl sites for hydroxylation is 2. The predicted molar refractivity (Wildman–Crippen MR) is 85.9 cm³/mol. The van der Waals surface area contributed by atoms with Gasteiger partial charge in [-0.05, 0) is 43.7 Å². The molecule has 0 saturated carbocycles. The highest BCUT2D eigenvalue weighted by atomic mass is 16.3. The van der Waals surface area contributed by atoms with Crippen molar-refractivity contribution in [3.63, 3.8) is 0 Å². The topological polar surface area (TPSA) is 70.4 Å². The Hall–Kier alpha value is -2.82. The van der Waals surface area contributed by atoms with E-state index in [-0.39, 0.29) is 12.3 Å². The average molecular weight is 295 g/mol. The number of H-pyrrole nitrogens is 1. The first-order valence-corrected chi connectivity index (χ1v) is 7.06. The van der Waals surface area contributed by atoms with Crippen LogP contribution in [0.25, 0.3) is 10.9 Å². The number of hydrogen-bond acceptors (Lipinski definition) is 3. The Kier molecular flexibility index (Phi) is 3.78. The summed E-state index contributed by atoms with van der Waals surface area (Å²) in [4.78, 5) is 15.4. The number of aromatic nitrogens is 1. The minimum atomic E-state index is -0.159. The maximum Gasteiger partial charge on any atom is 0.244 e. The second kappa shape index (κ2) is 5.89. The number of amides is 1. The summed E-state index contributed by atoms with van der Waals surface area (Å²) in [5.74, 6) is 0.438. The van der Waals surface area contributed by atoms with Crippen molar-refractivity contribution in [2.45, 2.75) is 20.3 Å². The van der Waals surface area contributed by atoms with Crippen LogP contribution < -0.4 is 5.43 Å². The first-order chi connectivity index (χ1) is 10.6. The van der Waals surface area contributed by atoms with E-state index in [1.54, 1.807) is 18.4 Å². The van der Waals surface area contributed by atoms with Gasteiger partial charge in [-0.2, -0.15) is 5.10 Å². The van der Waals surface area contributed by atoms with Crippen LogP contribution in [-0.2, 0) is 11.2 Å². The third-order valence-corrected chi connectivity index (χ3v) is 3.54. The Labute approximate surface area is 128 Å². The molecule has 0 spiro atoms. The van der Waals surface area contributed by atoms with Crippen molar-refractivity contribution in [1.29, 1.82) is 0 Å². The van der Waals surface area contributed by atoms with Crippen LogP contribution in [-0.4, -0.2) is 17.1 Å². The highest BCUT2D eigenvalue weighted by Gasteiger charge is 2.12. The lowest BCUT2D eigenvalue weighted by molar-refractivity contribution is -0.120. The summed E-state index contributed by atoms with van der Waals surface area (Å²) < 4.78 is 5.11. The number of hydrazone groups is 1. The number of benzene rings is 1. The minimum absolute atomic E-state index is 0.159. The number of nitrogens with one attached hydrogen (secondary N) is 2. The fourth-order valence-electron chi connectivity index (χ4n) is 2.46. The molecule has 2 heterocycles. The largest absolute Gasteiger partial charge is 0.463 e. The normalized spacial score (nSPS) is 11.4. The van der Waals surface area contributed by atoms with Gasteiger partial charge in [0.25, 0.3) is 0 Å². The van der Waals surface area contributed by atoms with Gasteiger partial charge in [0.15, 0.2) is 0 Å². The minimum Gasteiger partial charge on any atom is -0.463 e. The molecule has 0 aliphatic heterocycles. The summed E-state index contributed by atoms with van der Waals surface area (Å²) in [5.41, 5.74) is 6.75. The summed E-state index contributed by atoms with van der Waals surface area (Å²) in [7, 11) is 0. The van der Waals surface area contributed by atoms with Crippen molar-refractivity contribution in [3.05, 3.63) is 59.2 Å². The standard InChI is InChI=1S/C17H17N3O2/c1-11-5-6-16-15(8-11)14(12(2)19-16)9-17(21)20-18-10-13-4-3-7-22-13/h3-8,10,19H,9H2,1-2H3,(H,20,21). The van der Waals surface area contributed by atoms with Gasteiger partial charge in [0.05, 0.1) is 18.9 Å².